The van der Waals surface area contributed by atoms with Crippen molar-refractivity contribution >= 4 is 29.1 Å². The maximum atomic E-state index is 11.1. The Balaban J connectivity index is 4.50. The van der Waals surface area contributed by atoms with Crippen LogP contribution < -0.4 is 0 Å². The third-order valence-corrected chi connectivity index (χ3v) is 1.34. The molecular weight excluding hydrogens is 210 g/mol. The van der Waals surface area contributed by atoms with Crippen LogP contribution in [-0.4, -0.2) is 37.1 Å². The van der Waals surface area contributed by atoms with Gasteiger partial charge in [0.15, 0.2) is 0 Å². The van der Waals surface area contributed by atoms with Crippen molar-refractivity contribution in [1.29, 1.82) is 0 Å². The van der Waals surface area contributed by atoms with Crippen molar-refractivity contribution in [3.8, 4) is 0 Å². The largest absolute Gasteiger partial charge is 0.457 e. The van der Waals surface area contributed by atoms with Crippen molar-refractivity contribution in [3.05, 3.63) is 12.7 Å². The van der Waals surface area contributed by atoms with Gasteiger partial charge < -0.3 is 9.57 Å². The van der Waals surface area contributed by atoms with Gasteiger partial charge in [-0.15, -0.1) is 11.6 Å². The Morgan fingerprint density at radius 3 is 2.64 bits per heavy atom. The van der Waals surface area contributed by atoms with Crippen LogP contribution in [0.5, 0.6) is 0 Å². The second-order valence-electron chi connectivity index (χ2n) is 2.07. The van der Waals surface area contributed by atoms with Crippen molar-refractivity contribution in [2.75, 3.05) is 19.6 Å². The minimum absolute atomic E-state index is 0.00284. The monoisotopic (exact) mass is 219 g/mol. The number of halogens is 1. The number of alkyl halides is 1. The van der Waals surface area contributed by atoms with Crippen LogP contribution in [0.3, 0.4) is 0 Å². The molecule has 0 N–H and O–H groups in total. The predicted molar refractivity (Wildman–Crippen MR) is 51.3 cm³/mol. The highest BCUT2D eigenvalue weighted by atomic mass is 35.5. The number of carbonyl (C=O) groups excluding carboxylic acids is 2. The standard InChI is InChI=1S/C8H10ClNO4/c1-3-4-14-8(12)7(10-13-2)6(11)5-9/h3H,1,4-5H2,2H3. The molecule has 0 unspecified atom stereocenters. The first-order valence-corrected chi connectivity index (χ1v) is 4.19. The first-order chi connectivity index (χ1) is 6.67. The van der Waals surface area contributed by atoms with Crippen molar-refractivity contribution in [2.45, 2.75) is 0 Å². The van der Waals surface area contributed by atoms with Gasteiger partial charge >= 0.3 is 5.97 Å². The quantitative estimate of drug-likeness (QED) is 0.163. The fourth-order valence-corrected chi connectivity index (χ4v) is 0.686. The Hall–Kier alpha value is -1.36. The minimum Gasteiger partial charge on any atom is -0.457 e. The summed E-state index contributed by atoms with van der Waals surface area (Å²) in [5.74, 6) is -1.88. The lowest BCUT2D eigenvalue weighted by molar-refractivity contribution is -0.135. The van der Waals surface area contributed by atoms with Gasteiger partial charge in [0.25, 0.3) is 0 Å². The molecule has 0 aromatic carbocycles. The highest BCUT2D eigenvalue weighted by Gasteiger charge is 2.21. The van der Waals surface area contributed by atoms with E-state index in [-0.39, 0.29) is 12.5 Å². The number of Topliss-reactive ketones (excluding diaryl/α,β-unsaturated/α-hetero) is 1. The van der Waals surface area contributed by atoms with Gasteiger partial charge in [0.2, 0.25) is 11.5 Å². The van der Waals surface area contributed by atoms with E-state index in [1.165, 1.54) is 13.2 Å². The molecule has 0 spiro atoms. The lowest BCUT2D eigenvalue weighted by Crippen LogP contribution is -2.27. The SMILES string of the molecule is C=CCOC(=O)C(=NOC)C(=O)CCl. The molecular formula is C8H10ClNO4. The third-order valence-electron chi connectivity index (χ3n) is 1.09. The highest BCUT2D eigenvalue weighted by molar-refractivity contribution is 6.67. The van der Waals surface area contributed by atoms with Gasteiger partial charge in [0.05, 0.1) is 5.88 Å². The zero-order valence-corrected chi connectivity index (χ0v) is 8.41. The number of hydrogen-bond acceptors (Lipinski definition) is 5. The molecule has 0 aromatic rings. The van der Waals surface area contributed by atoms with Crippen LogP contribution in [-0.2, 0) is 19.2 Å². The topological polar surface area (TPSA) is 65.0 Å². The van der Waals surface area contributed by atoms with E-state index in [2.05, 4.69) is 21.3 Å². The maximum Gasteiger partial charge on any atom is 0.364 e. The zero-order valence-electron chi connectivity index (χ0n) is 7.66. The summed E-state index contributed by atoms with van der Waals surface area (Å²) in [6.07, 6.45) is 1.37. The Kier molecular flexibility index (Phi) is 6.39. The fourth-order valence-electron chi connectivity index (χ4n) is 0.560. The van der Waals surface area contributed by atoms with Crippen LogP contribution in [0, 0.1) is 0 Å². The smallest absolute Gasteiger partial charge is 0.364 e. The van der Waals surface area contributed by atoms with Crippen LogP contribution in [0.25, 0.3) is 0 Å². The van der Waals surface area contributed by atoms with Gasteiger partial charge in [0, 0.05) is 0 Å². The molecule has 0 saturated carbocycles. The Bertz CT molecular complexity index is 262. The Morgan fingerprint density at radius 1 is 1.57 bits per heavy atom. The average Bonchev–Trinajstić information content (AvgIpc) is 2.21. The first-order valence-electron chi connectivity index (χ1n) is 3.65. The summed E-state index contributed by atoms with van der Waals surface area (Å²) in [6.45, 7) is 3.34. The summed E-state index contributed by atoms with van der Waals surface area (Å²) in [6, 6.07) is 0. The molecule has 6 heteroatoms. The van der Waals surface area contributed by atoms with Gasteiger partial charge in [-0.3, -0.25) is 4.79 Å². The van der Waals surface area contributed by atoms with Gasteiger partial charge in [-0.2, -0.15) is 0 Å². The van der Waals surface area contributed by atoms with Gasteiger partial charge in [0.1, 0.15) is 13.7 Å². The van der Waals surface area contributed by atoms with Crippen LogP contribution in [0.15, 0.2) is 17.8 Å². The molecule has 0 aliphatic heterocycles. The average molecular weight is 220 g/mol. The molecule has 0 atom stereocenters. The van der Waals surface area contributed by atoms with E-state index in [1.807, 2.05) is 0 Å². The van der Waals surface area contributed by atoms with Crippen molar-refractivity contribution in [3.63, 3.8) is 0 Å². The van der Waals surface area contributed by atoms with Crippen LogP contribution >= 0.6 is 11.6 Å². The molecule has 14 heavy (non-hydrogen) atoms. The number of ketones is 1. The third kappa shape index (κ3) is 4.04. The molecule has 0 aromatic heterocycles. The summed E-state index contributed by atoms with van der Waals surface area (Å²) < 4.78 is 4.58. The molecule has 0 rings (SSSR count). The number of carbonyl (C=O) groups is 2. The van der Waals surface area contributed by atoms with Crippen molar-refractivity contribution in [1.82, 2.24) is 0 Å². The summed E-state index contributed by atoms with van der Waals surface area (Å²) in [7, 11) is 1.21. The molecule has 0 amide bonds. The van der Waals surface area contributed by atoms with Crippen molar-refractivity contribution in [2.24, 2.45) is 5.16 Å². The summed E-state index contributed by atoms with van der Waals surface area (Å²) in [5.41, 5.74) is -0.454. The molecule has 0 aliphatic carbocycles. The highest BCUT2D eigenvalue weighted by Crippen LogP contribution is 1.92. The van der Waals surface area contributed by atoms with E-state index in [0.29, 0.717) is 0 Å². The molecule has 78 valence electrons. The molecule has 0 aliphatic rings. The van der Waals surface area contributed by atoms with E-state index < -0.39 is 17.5 Å². The van der Waals surface area contributed by atoms with E-state index in [0.717, 1.165) is 0 Å². The Labute approximate surface area is 86.3 Å². The number of nitrogens with zero attached hydrogens (tertiary/aromatic N) is 1. The van der Waals surface area contributed by atoms with Crippen LogP contribution in [0.2, 0.25) is 0 Å². The Morgan fingerprint density at radius 2 is 2.21 bits per heavy atom. The normalized spacial score (nSPS) is 10.6. The minimum atomic E-state index is -0.877. The predicted octanol–water partition coefficient (Wildman–Crippen LogP) is 0.526. The first kappa shape index (κ1) is 12.6. The summed E-state index contributed by atoms with van der Waals surface area (Å²) in [4.78, 5) is 26.5. The molecule has 0 bridgehead atoms. The number of esters is 1. The summed E-state index contributed by atoms with van der Waals surface area (Å²) in [5, 5.41) is 3.22. The number of hydrogen-bond donors (Lipinski definition) is 0. The van der Waals surface area contributed by atoms with Gasteiger partial charge in [-0.05, 0) is 0 Å². The van der Waals surface area contributed by atoms with Crippen molar-refractivity contribution < 1.29 is 19.2 Å². The van der Waals surface area contributed by atoms with E-state index in [1.54, 1.807) is 0 Å². The molecule has 0 heterocycles. The van der Waals surface area contributed by atoms with Gasteiger partial charge in [-0.1, -0.05) is 17.8 Å². The molecule has 0 radical (unpaired) electrons. The van der Waals surface area contributed by atoms with Gasteiger partial charge in [-0.25, -0.2) is 4.79 Å². The second kappa shape index (κ2) is 7.08. The lowest BCUT2D eigenvalue weighted by Gasteiger charge is -2.01. The zero-order chi connectivity index (χ0) is 11.0. The van der Waals surface area contributed by atoms with E-state index in [9.17, 15) is 9.59 Å². The molecule has 0 saturated heterocycles. The summed E-state index contributed by atoms with van der Waals surface area (Å²) >= 11 is 5.25. The number of oxime groups is 1. The molecule has 5 nitrogen and oxygen atoms in total. The fraction of sp³-hybridized carbons (Fsp3) is 0.375. The number of rotatable bonds is 6. The number of ether oxygens (including phenoxy) is 1. The maximum absolute atomic E-state index is 11.1. The molecule has 0 fully saturated rings. The van der Waals surface area contributed by atoms with Crippen LogP contribution in [0.4, 0.5) is 0 Å². The lowest BCUT2D eigenvalue weighted by atomic mass is 10.3. The van der Waals surface area contributed by atoms with Crippen LogP contribution in [0.1, 0.15) is 0 Å². The van der Waals surface area contributed by atoms with E-state index >= 15 is 0 Å². The second-order valence-corrected chi connectivity index (χ2v) is 2.33. The van der Waals surface area contributed by atoms with E-state index in [4.69, 9.17) is 11.6 Å².